The molecule has 0 saturated carbocycles. The second-order valence-corrected chi connectivity index (χ2v) is 6.71. The lowest BCUT2D eigenvalue weighted by Crippen LogP contribution is -2.51. The highest BCUT2D eigenvalue weighted by atomic mass is 16.4. The quantitative estimate of drug-likeness (QED) is 0.745. The zero-order chi connectivity index (χ0) is 18.2. The summed E-state index contributed by atoms with van der Waals surface area (Å²) in [5.74, 6) is -0.907. The number of benzene rings is 1. The summed E-state index contributed by atoms with van der Waals surface area (Å²) >= 11 is 0. The number of aliphatic carboxylic acids is 1. The molecule has 1 aromatic rings. The molecular weight excluding hydrogens is 318 g/mol. The summed E-state index contributed by atoms with van der Waals surface area (Å²) in [5, 5.41) is 12.0. The Labute approximate surface area is 149 Å². The number of nitrogens with zero attached hydrogens (tertiary/aromatic N) is 2. The molecule has 1 aliphatic rings. The lowest BCUT2D eigenvalue weighted by molar-refractivity contribution is -0.140. The number of carbonyl (C=O) groups is 2. The van der Waals surface area contributed by atoms with Gasteiger partial charge in [0.15, 0.2) is 0 Å². The maximum absolute atomic E-state index is 12.3. The van der Waals surface area contributed by atoms with Crippen LogP contribution >= 0.6 is 0 Å². The Bertz CT molecular complexity index is 583. The first kappa shape index (κ1) is 19.4. The van der Waals surface area contributed by atoms with E-state index in [0.29, 0.717) is 19.5 Å². The standard InChI is InChI=1S/C19H29N3O3/c1-3-5-17(19(24)25)20-13-18(23)22-10-8-21(9-11-22)14-16-7-4-6-15(2)12-16/h4,6-7,12,17,20H,3,5,8-11,13-14H2,1-2H3,(H,24,25). The number of nitrogens with one attached hydrogen (secondary N) is 1. The zero-order valence-electron chi connectivity index (χ0n) is 15.2. The number of hydrogen-bond acceptors (Lipinski definition) is 4. The van der Waals surface area contributed by atoms with Gasteiger partial charge in [0.1, 0.15) is 6.04 Å². The number of carboxylic acid groups (broad SMARTS) is 1. The van der Waals surface area contributed by atoms with Gasteiger partial charge in [-0.3, -0.25) is 19.8 Å². The lowest BCUT2D eigenvalue weighted by atomic mass is 10.1. The van der Waals surface area contributed by atoms with Crippen LogP contribution < -0.4 is 5.32 Å². The molecule has 1 unspecified atom stereocenters. The third kappa shape index (κ3) is 6.14. The minimum atomic E-state index is -0.891. The van der Waals surface area contributed by atoms with E-state index in [2.05, 4.69) is 41.4 Å². The van der Waals surface area contributed by atoms with Gasteiger partial charge >= 0.3 is 5.97 Å². The van der Waals surface area contributed by atoms with E-state index in [4.69, 9.17) is 5.11 Å². The molecule has 1 aromatic carbocycles. The van der Waals surface area contributed by atoms with Crippen molar-refractivity contribution < 1.29 is 14.7 Å². The van der Waals surface area contributed by atoms with E-state index < -0.39 is 12.0 Å². The number of carboxylic acids is 1. The molecule has 0 bridgehead atoms. The molecule has 25 heavy (non-hydrogen) atoms. The zero-order valence-corrected chi connectivity index (χ0v) is 15.2. The number of amides is 1. The first-order chi connectivity index (χ1) is 12.0. The molecular formula is C19H29N3O3. The number of piperazine rings is 1. The van der Waals surface area contributed by atoms with E-state index >= 15 is 0 Å². The van der Waals surface area contributed by atoms with Crippen molar-refractivity contribution in [3.8, 4) is 0 Å². The normalized spacial score (nSPS) is 16.6. The van der Waals surface area contributed by atoms with Crippen LogP contribution in [-0.4, -0.2) is 65.5 Å². The van der Waals surface area contributed by atoms with Crippen LogP contribution in [0, 0.1) is 6.92 Å². The summed E-state index contributed by atoms with van der Waals surface area (Å²) in [5.41, 5.74) is 2.56. The topological polar surface area (TPSA) is 72.9 Å². The smallest absolute Gasteiger partial charge is 0.320 e. The molecule has 6 heteroatoms. The van der Waals surface area contributed by atoms with Crippen LogP contribution in [0.5, 0.6) is 0 Å². The van der Waals surface area contributed by atoms with Crippen LogP contribution in [0.1, 0.15) is 30.9 Å². The third-order valence-electron chi connectivity index (χ3n) is 4.59. The first-order valence-corrected chi connectivity index (χ1v) is 9.01. The fourth-order valence-electron chi connectivity index (χ4n) is 3.15. The number of rotatable bonds is 8. The SMILES string of the molecule is CCCC(NCC(=O)N1CCN(Cc2cccc(C)c2)CC1)C(=O)O. The Balaban J connectivity index is 1.75. The highest BCUT2D eigenvalue weighted by Crippen LogP contribution is 2.10. The van der Waals surface area contributed by atoms with Gasteiger partial charge in [0.05, 0.1) is 6.54 Å². The highest BCUT2D eigenvalue weighted by Gasteiger charge is 2.23. The van der Waals surface area contributed by atoms with Gasteiger partial charge in [-0.1, -0.05) is 43.2 Å². The van der Waals surface area contributed by atoms with Gasteiger partial charge in [-0.05, 0) is 18.9 Å². The molecule has 1 fully saturated rings. The van der Waals surface area contributed by atoms with E-state index in [-0.39, 0.29) is 12.5 Å². The summed E-state index contributed by atoms with van der Waals surface area (Å²) in [6.07, 6.45) is 1.31. The molecule has 2 N–H and O–H groups in total. The van der Waals surface area contributed by atoms with E-state index in [0.717, 1.165) is 26.1 Å². The molecule has 1 saturated heterocycles. The molecule has 1 aliphatic heterocycles. The van der Waals surface area contributed by atoms with Gasteiger partial charge in [0, 0.05) is 32.7 Å². The van der Waals surface area contributed by atoms with Crippen molar-refractivity contribution in [2.24, 2.45) is 0 Å². The van der Waals surface area contributed by atoms with Gasteiger partial charge in [-0.15, -0.1) is 0 Å². The average molecular weight is 347 g/mol. The summed E-state index contributed by atoms with van der Waals surface area (Å²) in [6, 6.07) is 7.85. The molecule has 0 aliphatic carbocycles. The predicted octanol–water partition coefficient (Wildman–Crippen LogP) is 1.48. The van der Waals surface area contributed by atoms with Crippen LogP contribution in [0.2, 0.25) is 0 Å². The fourth-order valence-corrected chi connectivity index (χ4v) is 3.15. The molecule has 2 rings (SSSR count). The largest absolute Gasteiger partial charge is 0.480 e. The van der Waals surface area contributed by atoms with Crippen LogP contribution in [0.3, 0.4) is 0 Å². The minimum Gasteiger partial charge on any atom is -0.480 e. The molecule has 6 nitrogen and oxygen atoms in total. The third-order valence-corrected chi connectivity index (χ3v) is 4.59. The van der Waals surface area contributed by atoms with Crippen LogP contribution in [-0.2, 0) is 16.1 Å². The summed E-state index contributed by atoms with van der Waals surface area (Å²) in [4.78, 5) is 27.6. The Morgan fingerprint density at radius 2 is 1.96 bits per heavy atom. The maximum Gasteiger partial charge on any atom is 0.320 e. The summed E-state index contributed by atoms with van der Waals surface area (Å²) in [6.45, 7) is 8.10. The van der Waals surface area contributed by atoms with Crippen molar-refractivity contribution in [2.45, 2.75) is 39.3 Å². The first-order valence-electron chi connectivity index (χ1n) is 9.01. The van der Waals surface area contributed by atoms with Crippen molar-refractivity contribution in [1.82, 2.24) is 15.1 Å². The van der Waals surface area contributed by atoms with Crippen LogP contribution in [0.25, 0.3) is 0 Å². The van der Waals surface area contributed by atoms with Crippen molar-refractivity contribution in [3.63, 3.8) is 0 Å². The van der Waals surface area contributed by atoms with Crippen molar-refractivity contribution in [3.05, 3.63) is 35.4 Å². The highest BCUT2D eigenvalue weighted by molar-refractivity contribution is 5.80. The van der Waals surface area contributed by atoms with Crippen LogP contribution in [0.15, 0.2) is 24.3 Å². The molecule has 138 valence electrons. The number of carbonyl (C=O) groups excluding carboxylic acids is 1. The minimum absolute atomic E-state index is 0.0161. The summed E-state index contributed by atoms with van der Waals surface area (Å²) < 4.78 is 0. The Morgan fingerprint density at radius 1 is 1.24 bits per heavy atom. The second-order valence-electron chi connectivity index (χ2n) is 6.71. The molecule has 0 spiro atoms. The molecule has 1 heterocycles. The fraction of sp³-hybridized carbons (Fsp3) is 0.579. The lowest BCUT2D eigenvalue weighted by Gasteiger charge is -2.35. The Kier molecular flexibility index (Phi) is 7.40. The molecule has 1 amide bonds. The number of aryl methyl sites for hydroxylation is 1. The Hall–Kier alpha value is -1.92. The Morgan fingerprint density at radius 3 is 2.56 bits per heavy atom. The van der Waals surface area contributed by atoms with Crippen molar-refractivity contribution >= 4 is 11.9 Å². The van der Waals surface area contributed by atoms with Gasteiger partial charge in [0.25, 0.3) is 0 Å². The molecule has 0 aromatic heterocycles. The van der Waals surface area contributed by atoms with E-state index in [1.165, 1.54) is 11.1 Å². The van der Waals surface area contributed by atoms with E-state index in [1.54, 1.807) is 0 Å². The summed E-state index contributed by atoms with van der Waals surface area (Å²) in [7, 11) is 0. The van der Waals surface area contributed by atoms with Gasteiger partial charge < -0.3 is 10.0 Å². The molecule has 0 radical (unpaired) electrons. The number of hydrogen-bond donors (Lipinski definition) is 2. The van der Waals surface area contributed by atoms with Crippen molar-refractivity contribution in [2.75, 3.05) is 32.7 Å². The molecule has 1 atom stereocenters. The average Bonchev–Trinajstić information content (AvgIpc) is 2.58. The van der Waals surface area contributed by atoms with Gasteiger partial charge in [-0.2, -0.15) is 0 Å². The van der Waals surface area contributed by atoms with Gasteiger partial charge in [-0.25, -0.2) is 0 Å². The second kappa shape index (κ2) is 9.53. The maximum atomic E-state index is 12.3. The van der Waals surface area contributed by atoms with E-state index in [9.17, 15) is 9.59 Å². The monoisotopic (exact) mass is 347 g/mol. The van der Waals surface area contributed by atoms with Crippen LogP contribution in [0.4, 0.5) is 0 Å². The predicted molar refractivity (Wildman–Crippen MR) is 97.4 cm³/mol. The van der Waals surface area contributed by atoms with Crippen molar-refractivity contribution in [1.29, 1.82) is 0 Å². The van der Waals surface area contributed by atoms with Gasteiger partial charge in [0.2, 0.25) is 5.91 Å². The van der Waals surface area contributed by atoms with E-state index in [1.807, 2.05) is 11.8 Å².